The Hall–Kier alpha value is -1.64. The van der Waals surface area contributed by atoms with Crippen molar-refractivity contribution in [2.24, 2.45) is 0 Å². The zero-order chi connectivity index (χ0) is 19.9. The molecule has 0 aliphatic carbocycles. The molecule has 9 heteroatoms. The molecule has 1 saturated heterocycles. The summed E-state index contributed by atoms with van der Waals surface area (Å²) in [5.41, 5.74) is 0.177. The predicted octanol–water partition coefficient (Wildman–Crippen LogP) is 2.59. The highest BCUT2D eigenvalue weighted by molar-refractivity contribution is 7.89. The van der Waals surface area contributed by atoms with Gasteiger partial charge in [0.1, 0.15) is 4.90 Å². The van der Waals surface area contributed by atoms with Crippen molar-refractivity contribution in [2.45, 2.75) is 43.9 Å². The molecule has 1 aromatic rings. The first-order chi connectivity index (χ1) is 12.9. The first-order valence-corrected chi connectivity index (χ1v) is 10.9. The Labute approximate surface area is 165 Å². The van der Waals surface area contributed by atoms with Gasteiger partial charge in [-0.25, -0.2) is 8.42 Å². The van der Waals surface area contributed by atoms with E-state index in [9.17, 15) is 18.0 Å². The number of nitrogens with one attached hydrogen (secondary N) is 1. The summed E-state index contributed by atoms with van der Waals surface area (Å²) in [6.45, 7) is 3.00. The molecular weight excluding hydrogens is 392 g/mol. The van der Waals surface area contributed by atoms with Crippen LogP contribution < -0.4 is 5.32 Å². The molecule has 0 atom stereocenters. The Kier molecular flexibility index (Phi) is 8.07. The van der Waals surface area contributed by atoms with Crippen molar-refractivity contribution in [3.05, 3.63) is 28.8 Å². The molecule has 1 N–H and O–H groups in total. The second-order valence-electron chi connectivity index (χ2n) is 6.27. The van der Waals surface area contributed by atoms with Crippen LogP contribution >= 0.6 is 11.6 Å². The molecule has 1 fully saturated rings. The summed E-state index contributed by atoms with van der Waals surface area (Å²) in [5, 5.41) is 2.67. The summed E-state index contributed by atoms with van der Waals surface area (Å²) in [5.74, 6) is -0.874. The van der Waals surface area contributed by atoms with Gasteiger partial charge in [-0.15, -0.1) is 0 Å². The van der Waals surface area contributed by atoms with Gasteiger partial charge >= 0.3 is 5.97 Å². The predicted molar refractivity (Wildman–Crippen MR) is 102 cm³/mol. The van der Waals surface area contributed by atoms with Gasteiger partial charge in [0, 0.05) is 25.2 Å². The lowest BCUT2D eigenvalue weighted by molar-refractivity contribution is -0.142. The fourth-order valence-corrected chi connectivity index (χ4v) is 4.89. The van der Waals surface area contributed by atoms with E-state index in [0.717, 1.165) is 25.7 Å². The lowest BCUT2D eigenvalue weighted by Crippen LogP contribution is -2.32. The molecule has 2 rings (SSSR count). The van der Waals surface area contributed by atoms with E-state index in [1.54, 1.807) is 6.92 Å². The fraction of sp³-hybridized carbons (Fsp3) is 0.556. The zero-order valence-corrected chi connectivity index (χ0v) is 16.9. The largest absolute Gasteiger partial charge is 0.466 e. The Morgan fingerprint density at radius 3 is 2.48 bits per heavy atom. The third kappa shape index (κ3) is 5.92. The van der Waals surface area contributed by atoms with Crippen LogP contribution in [0.1, 0.15) is 49.4 Å². The highest BCUT2D eigenvalue weighted by atomic mass is 35.5. The summed E-state index contributed by atoms with van der Waals surface area (Å²) in [6.07, 6.45) is 3.67. The maximum absolute atomic E-state index is 13.0. The van der Waals surface area contributed by atoms with E-state index in [2.05, 4.69) is 5.32 Å². The Bertz CT molecular complexity index is 774. The normalized spacial score (nSPS) is 15.8. The molecular formula is C18H25ClN2O5S. The van der Waals surface area contributed by atoms with E-state index < -0.39 is 21.9 Å². The number of ether oxygens (including phenoxy) is 1. The summed E-state index contributed by atoms with van der Waals surface area (Å²) in [6, 6.07) is 4.16. The number of rotatable bonds is 7. The van der Waals surface area contributed by atoms with Crippen molar-refractivity contribution < 1.29 is 22.7 Å². The van der Waals surface area contributed by atoms with E-state index in [1.807, 2.05) is 0 Å². The third-order valence-corrected chi connectivity index (χ3v) is 6.68. The highest BCUT2D eigenvalue weighted by Gasteiger charge is 2.28. The number of sulfonamides is 1. The van der Waals surface area contributed by atoms with Crippen LogP contribution in [0.25, 0.3) is 0 Å². The number of carbonyl (C=O) groups is 2. The second-order valence-corrected chi connectivity index (χ2v) is 8.59. The first kappa shape index (κ1) is 21.7. The van der Waals surface area contributed by atoms with Crippen LogP contribution in [0.15, 0.2) is 23.1 Å². The van der Waals surface area contributed by atoms with E-state index in [4.69, 9.17) is 16.3 Å². The molecule has 1 heterocycles. The number of halogens is 1. The van der Waals surface area contributed by atoms with Gasteiger partial charge in [0.2, 0.25) is 10.0 Å². The van der Waals surface area contributed by atoms with Gasteiger partial charge in [-0.2, -0.15) is 4.31 Å². The van der Waals surface area contributed by atoms with Crippen LogP contribution in [-0.2, 0) is 19.6 Å². The molecule has 0 saturated carbocycles. The number of hydrogen-bond donors (Lipinski definition) is 1. The van der Waals surface area contributed by atoms with Gasteiger partial charge in [-0.05, 0) is 38.0 Å². The molecule has 1 aliphatic rings. The fourth-order valence-electron chi connectivity index (χ4n) is 2.88. The number of esters is 1. The van der Waals surface area contributed by atoms with Crippen LogP contribution in [0, 0.1) is 0 Å². The number of amides is 1. The van der Waals surface area contributed by atoms with Crippen LogP contribution in [0.2, 0.25) is 5.02 Å². The van der Waals surface area contributed by atoms with Crippen molar-refractivity contribution in [2.75, 3.05) is 26.2 Å². The summed E-state index contributed by atoms with van der Waals surface area (Å²) < 4.78 is 32.1. The van der Waals surface area contributed by atoms with Crippen LogP contribution in [-0.4, -0.2) is 50.8 Å². The molecule has 0 unspecified atom stereocenters. The maximum atomic E-state index is 13.0. The van der Waals surface area contributed by atoms with Crippen molar-refractivity contribution in [1.82, 2.24) is 9.62 Å². The lowest BCUT2D eigenvalue weighted by atomic mass is 10.2. The Balaban J connectivity index is 2.12. The van der Waals surface area contributed by atoms with Crippen LogP contribution in [0.3, 0.4) is 0 Å². The van der Waals surface area contributed by atoms with E-state index in [0.29, 0.717) is 13.1 Å². The third-order valence-electron chi connectivity index (χ3n) is 4.30. The number of benzene rings is 1. The van der Waals surface area contributed by atoms with E-state index in [1.165, 1.54) is 22.5 Å². The number of nitrogens with zero attached hydrogens (tertiary/aromatic N) is 1. The maximum Gasteiger partial charge on any atom is 0.307 e. The smallest absolute Gasteiger partial charge is 0.307 e. The van der Waals surface area contributed by atoms with Crippen LogP contribution in [0.4, 0.5) is 0 Å². The SMILES string of the molecule is CCOC(=O)CCNC(=O)c1ccc(Cl)c(S(=O)(=O)N2CCCCCC2)c1. The molecule has 27 heavy (non-hydrogen) atoms. The molecule has 150 valence electrons. The van der Waals surface area contributed by atoms with Gasteiger partial charge in [0.15, 0.2) is 0 Å². The van der Waals surface area contributed by atoms with Crippen molar-refractivity contribution in [1.29, 1.82) is 0 Å². The van der Waals surface area contributed by atoms with Gasteiger partial charge in [0.05, 0.1) is 18.1 Å². The topological polar surface area (TPSA) is 92.8 Å². The Morgan fingerprint density at radius 1 is 1.19 bits per heavy atom. The van der Waals surface area contributed by atoms with Gasteiger partial charge < -0.3 is 10.1 Å². The Morgan fingerprint density at radius 2 is 1.85 bits per heavy atom. The monoisotopic (exact) mass is 416 g/mol. The van der Waals surface area contributed by atoms with Gasteiger partial charge in [0.25, 0.3) is 5.91 Å². The minimum absolute atomic E-state index is 0.0477. The summed E-state index contributed by atoms with van der Waals surface area (Å²) in [4.78, 5) is 23.5. The van der Waals surface area contributed by atoms with E-state index >= 15 is 0 Å². The molecule has 0 radical (unpaired) electrons. The zero-order valence-electron chi connectivity index (χ0n) is 15.4. The molecule has 0 spiro atoms. The van der Waals surface area contributed by atoms with Crippen molar-refractivity contribution in [3.8, 4) is 0 Å². The van der Waals surface area contributed by atoms with Crippen LogP contribution in [0.5, 0.6) is 0 Å². The van der Waals surface area contributed by atoms with Crippen molar-refractivity contribution in [3.63, 3.8) is 0 Å². The molecule has 1 aliphatic heterocycles. The quantitative estimate of drug-likeness (QED) is 0.689. The number of carbonyl (C=O) groups excluding carboxylic acids is 2. The van der Waals surface area contributed by atoms with Gasteiger partial charge in [-0.1, -0.05) is 24.4 Å². The average Bonchev–Trinajstić information content (AvgIpc) is 2.92. The second kappa shape index (κ2) is 10.1. The summed E-state index contributed by atoms with van der Waals surface area (Å²) >= 11 is 6.13. The number of hydrogen-bond acceptors (Lipinski definition) is 5. The minimum atomic E-state index is -3.77. The molecule has 0 bridgehead atoms. The van der Waals surface area contributed by atoms with E-state index in [-0.39, 0.29) is 35.1 Å². The minimum Gasteiger partial charge on any atom is -0.466 e. The molecule has 7 nitrogen and oxygen atoms in total. The molecule has 1 aromatic carbocycles. The standard InChI is InChI=1S/C18H25ClN2O5S/c1-2-26-17(22)9-10-20-18(23)14-7-8-15(19)16(13-14)27(24,25)21-11-5-3-4-6-12-21/h7-8,13H,2-6,9-12H2,1H3,(H,20,23). The average molecular weight is 417 g/mol. The first-order valence-electron chi connectivity index (χ1n) is 9.09. The van der Waals surface area contributed by atoms with Crippen molar-refractivity contribution >= 4 is 33.5 Å². The highest BCUT2D eigenvalue weighted by Crippen LogP contribution is 2.27. The molecule has 0 aromatic heterocycles. The molecule has 1 amide bonds. The summed E-state index contributed by atoms with van der Waals surface area (Å²) in [7, 11) is -3.77. The lowest BCUT2D eigenvalue weighted by Gasteiger charge is -2.21. The van der Waals surface area contributed by atoms with Gasteiger partial charge in [-0.3, -0.25) is 9.59 Å².